The van der Waals surface area contributed by atoms with Gasteiger partial charge in [-0.25, -0.2) is 0 Å². The zero-order valence-electron chi connectivity index (χ0n) is 8.56. The van der Waals surface area contributed by atoms with E-state index in [9.17, 15) is 0 Å². The lowest BCUT2D eigenvalue weighted by atomic mass is 10.4. The van der Waals surface area contributed by atoms with Crippen LogP contribution in [0.2, 0.25) is 0 Å². The van der Waals surface area contributed by atoms with Crippen molar-refractivity contribution in [1.29, 1.82) is 0 Å². The Morgan fingerprint density at radius 3 is 1.17 bits per heavy atom. The number of rotatable bonds is 2. The smallest absolute Gasteiger partial charge is 0.118 e. The molecule has 0 aliphatic heterocycles. The van der Waals surface area contributed by atoms with E-state index in [4.69, 9.17) is 116 Å². The Morgan fingerprint density at radius 1 is 0.833 bits per heavy atom. The maximum Gasteiger partial charge on any atom is 0.206 e. The molecule has 0 rings (SSSR count). The van der Waals surface area contributed by atoms with Crippen LogP contribution in [0.15, 0.2) is 19.0 Å². The van der Waals surface area contributed by atoms with Gasteiger partial charge in [-0.15, -0.1) is 11.6 Å². The van der Waals surface area contributed by atoms with Gasteiger partial charge in [-0.1, -0.05) is 111 Å². The third-order valence-electron chi connectivity index (χ3n) is 1.24. The van der Waals surface area contributed by atoms with E-state index in [1.807, 2.05) is 6.92 Å². The van der Waals surface area contributed by atoms with Crippen LogP contribution >= 0.6 is 116 Å². The molecule has 108 valence electrons. The highest BCUT2D eigenvalue weighted by molar-refractivity contribution is 6.70. The molecule has 0 aromatic carbocycles. The average molecular weight is 457 g/mol. The molecule has 0 nitrogen and oxygen atoms in total. The van der Waals surface area contributed by atoms with Crippen LogP contribution in [-0.4, -0.2) is 9.17 Å². The number of halogens is 10. The molecule has 0 N–H and O–H groups in total. The van der Waals surface area contributed by atoms with Gasteiger partial charge in [0.25, 0.3) is 0 Å². The highest BCUT2D eigenvalue weighted by atomic mass is 35.6. The molecule has 0 aliphatic rings. The molecule has 0 heterocycles. The third-order valence-corrected chi connectivity index (χ3v) is 4.99. The molecule has 0 spiro atoms. The molecule has 0 radical (unpaired) electrons. The first-order valence-corrected chi connectivity index (χ1v) is 7.91. The number of hydrogen-bond acceptors (Lipinski definition) is 0. The lowest BCUT2D eigenvalue weighted by molar-refractivity contribution is 0.833. The predicted octanol–water partition coefficient (Wildman–Crippen LogP) is 8.13. The van der Waals surface area contributed by atoms with Crippen molar-refractivity contribution in [1.82, 2.24) is 0 Å². The molecule has 0 bridgehead atoms. The van der Waals surface area contributed by atoms with Gasteiger partial charge in [-0.05, 0) is 6.42 Å². The quantitative estimate of drug-likeness (QED) is 0.291. The summed E-state index contributed by atoms with van der Waals surface area (Å²) in [5, 5.41) is -0.512. The summed E-state index contributed by atoms with van der Waals surface area (Å²) in [4.78, 5) is 0. The van der Waals surface area contributed by atoms with E-state index < -0.39 is 3.79 Å². The summed E-state index contributed by atoms with van der Waals surface area (Å²) in [6.45, 7) is 1.86. The van der Waals surface area contributed by atoms with Gasteiger partial charge in [0.2, 0.25) is 3.79 Å². The lowest BCUT2D eigenvalue weighted by Crippen LogP contribution is -2.17. The molecule has 0 saturated heterocycles. The molecule has 18 heavy (non-hydrogen) atoms. The van der Waals surface area contributed by atoms with Crippen LogP contribution in [-0.2, 0) is 0 Å². The topological polar surface area (TPSA) is 0 Å². The average Bonchev–Trinajstić information content (AvgIpc) is 2.25. The van der Waals surface area contributed by atoms with Crippen molar-refractivity contribution < 1.29 is 0 Å². The van der Waals surface area contributed by atoms with E-state index in [-0.39, 0.29) is 24.4 Å². The molecular weight excluding hydrogens is 451 g/mol. The van der Waals surface area contributed by atoms with Crippen molar-refractivity contribution in [2.24, 2.45) is 0 Å². The Morgan fingerprint density at radius 2 is 1.11 bits per heavy atom. The zero-order valence-corrected chi connectivity index (χ0v) is 16.1. The van der Waals surface area contributed by atoms with E-state index in [2.05, 4.69) is 0 Å². The Hall–Kier alpha value is 2.38. The van der Waals surface area contributed by atoms with Crippen LogP contribution in [0.4, 0.5) is 0 Å². The summed E-state index contributed by atoms with van der Waals surface area (Å²) in [7, 11) is 0. The van der Waals surface area contributed by atoms with Crippen molar-refractivity contribution >= 4 is 116 Å². The fraction of sp³-hybridized carbons (Fsp3) is 0.500. The minimum Gasteiger partial charge on any atom is -0.118 e. The molecule has 1 atom stereocenters. The highest BCUT2D eigenvalue weighted by Crippen LogP contribution is 2.35. The minimum atomic E-state index is -1.31. The molecule has 0 saturated carbocycles. The largest absolute Gasteiger partial charge is 0.206 e. The molecule has 10 heteroatoms. The molecule has 0 aromatic rings. The van der Waals surface area contributed by atoms with Gasteiger partial charge >= 0.3 is 0 Å². The summed E-state index contributed by atoms with van der Waals surface area (Å²) < 4.78 is -1.66. The van der Waals surface area contributed by atoms with Crippen molar-refractivity contribution in [3.63, 3.8) is 0 Å². The van der Waals surface area contributed by atoms with E-state index in [1.165, 1.54) is 0 Å². The fourth-order valence-corrected chi connectivity index (χ4v) is 1.62. The molecular formula is C8H6Cl10. The van der Waals surface area contributed by atoms with Crippen molar-refractivity contribution in [2.45, 2.75) is 22.5 Å². The molecule has 1 unspecified atom stereocenters. The lowest BCUT2D eigenvalue weighted by Gasteiger charge is -2.14. The van der Waals surface area contributed by atoms with Gasteiger partial charge in [-0.2, -0.15) is 0 Å². The highest BCUT2D eigenvalue weighted by Gasteiger charge is 2.28. The molecule has 0 aliphatic carbocycles. The van der Waals surface area contributed by atoms with E-state index in [0.717, 1.165) is 0 Å². The van der Waals surface area contributed by atoms with Gasteiger partial charge in [0, 0.05) is 0 Å². The van der Waals surface area contributed by atoms with Crippen LogP contribution in [0.3, 0.4) is 0 Å². The van der Waals surface area contributed by atoms with Crippen LogP contribution in [0.25, 0.3) is 0 Å². The van der Waals surface area contributed by atoms with Crippen molar-refractivity contribution in [2.75, 3.05) is 0 Å². The predicted molar refractivity (Wildman–Crippen MR) is 89.4 cm³/mol. The Labute approximate surface area is 156 Å². The number of alkyl halides is 4. The molecule has 0 amide bonds. The third kappa shape index (κ3) is 11.1. The summed E-state index contributed by atoms with van der Waals surface area (Å²) in [5.41, 5.74) is 0. The number of hydrogen-bond donors (Lipinski definition) is 0. The van der Waals surface area contributed by atoms with Crippen LogP contribution in [0.1, 0.15) is 13.3 Å². The minimum absolute atomic E-state index is 0.0648. The van der Waals surface area contributed by atoms with Crippen LogP contribution in [0.5, 0.6) is 0 Å². The summed E-state index contributed by atoms with van der Waals surface area (Å²) in [6, 6.07) is 0. The Balaban J connectivity index is 0. The summed E-state index contributed by atoms with van der Waals surface area (Å²) >= 11 is 53.5. The molecule has 0 aromatic heterocycles. The monoisotopic (exact) mass is 452 g/mol. The Kier molecular flexibility index (Phi) is 13.9. The first-order valence-electron chi connectivity index (χ1n) is 4.07. The standard InChI is InChI=1S/C4Cl6.C4H6Cl4/c5-1(3(7)8)2(6)4(9)10;1-2-3(5)4(6,7)8/h;3H,2H2,1H3. The summed E-state index contributed by atoms with van der Waals surface area (Å²) in [6.07, 6.45) is 0.665. The van der Waals surface area contributed by atoms with E-state index in [1.54, 1.807) is 0 Å². The van der Waals surface area contributed by atoms with Crippen LogP contribution in [0, 0.1) is 0 Å². The second kappa shape index (κ2) is 11.0. The fourth-order valence-electron chi connectivity index (χ4n) is 0.397. The first kappa shape index (κ1) is 22.7. The van der Waals surface area contributed by atoms with Crippen molar-refractivity contribution in [3.8, 4) is 0 Å². The maximum absolute atomic E-state index is 5.55. The van der Waals surface area contributed by atoms with E-state index >= 15 is 0 Å². The number of allylic oxidation sites excluding steroid dienone is 2. The molecule has 0 fully saturated rings. The first-order chi connectivity index (χ1) is 7.95. The second-order valence-electron chi connectivity index (χ2n) is 2.57. The zero-order chi connectivity index (χ0) is 15.1. The Bertz CT molecular complexity index is 282. The van der Waals surface area contributed by atoms with Gasteiger partial charge < -0.3 is 0 Å². The van der Waals surface area contributed by atoms with Crippen molar-refractivity contribution in [3.05, 3.63) is 19.0 Å². The SMILES string of the molecule is CCC(Cl)C(Cl)(Cl)Cl.ClC(Cl)=C(Cl)C(Cl)=C(Cl)Cl. The second-order valence-corrected chi connectivity index (χ2v) is 8.12. The summed E-state index contributed by atoms with van der Waals surface area (Å²) in [5.74, 6) is 0. The van der Waals surface area contributed by atoms with E-state index in [0.29, 0.717) is 6.42 Å². The normalized spacial score (nSPS) is 12.2. The van der Waals surface area contributed by atoms with Gasteiger partial charge in [0.05, 0.1) is 15.4 Å². The van der Waals surface area contributed by atoms with Gasteiger partial charge in [-0.3, -0.25) is 0 Å². The van der Waals surface area contributed by atoms with Gasteiger partial charge in [0.15, 0.2) is 0 Å². The van der Waals surface area contributed by atoms with Gasteiger partial charge in [0.1, 0.15) is 8.98 Å². The van der Waals surface area contributed by atoms with Crippen LogP contribution < -0.4 is 0 Å². The maximum atomic E-state index is 5.55.